The van der Waals surface area contributed by atoms with Crippen LogP contribution in [0.4, 0.5) is 4.79 Å². The first-order valence-electron chi connectivity index (χ1n) is 7.72. The van der Waals surface area contributed by atoms with Crippen LogP contribution >= 0.6 is 0 Å². The highest BCUT2D eigenvalue weighted by atomic mass is 16.6. The summed E-state index contributed by atoms with van der Waals surface area (Å²) in [5, 5.41) is 13.1. The van der Waals surface area contributed by atoms with Crippen molar-refractivity contribution in [3.8, 4) is 0 Å². The predicted octanol–water partition coefficient (Wildman–Crippen LogP) is 2.77. The van der Waals surface area contributed by atoms with Crippen molar-refractivity contribution >= 4 is 6.09 Å². The summed E-state index contributed by atoms with van der Waals surface area (Å²) in [6.07, 6.45) is 0.383. The Bertz CT molecular complexity index is 327. The molecule has 5 nitrogen and oxygen atoms in total. The van der Waals surface area contributed by atoms with Crippen molar-refractivity contribution in [2.75, 3.05) is 19.6 Å². The van der Waals surface area contributed by atoms with Crippen molar-refractivity contribution in [3.05, 3.63) is 0 Å². The standard InChI is InChI=1S/C16H34N2O3/c1-9-16(8,20)12-17-10-11-18(14(2,3)4)13(19)21-15(5,6)7/h17,20H,9-12H2,1-8H3. The van der Waals surface area contributed by atoms with Crippen LogP contribution in [0.5, 0.6) is 0 Å². The van der Waals surface area contributed by atoms with Gasteiger partial charge in [-0.25, -0.2) is 4.79 Å². The van der Waals surface area contributed by atoms with Gasteiger partial charge in [-0.15, -0.1) is 0 Å². The molecule has 1 unspecified atom stereocenters. The quantitative estimate of drug-likeness (QED) is 0.741. The molecule has 0 radical (unpaired) electrons. The zero-order valence-corrected chi connectivity index (χ0v) is 15.0. The molecule has 21 heavy (non-hydrogen) atoms. The lowest BCUT2D eigenvalue weighted by Gasteiger charge is -2.37. The lowest BCUT2D eigenvalue weighted by molar-refractivity contribution is 0.00594. The van der Waals surface area contributed by atoms with Crippen molar-refractivity contribution < 1.29 is 14.6 Å². The third-order valence-electron chi connectivity index (χ3n) is 3.20. The number of aliphatic hydroxyl groups is 1. The van der Waals surface area contributed by atoms with Crippen LogP contribution in [-0.4, -0.2) is 52.5 Å². The summed E-state index contributed by atoms with van der Waals surface area (Å²) in [5.41, 5.74) is -1.52. The Morgan fingerprint density at radius 2 is 1.67 bits per heavy atom. The van der Waals surface area contributed by atoms with E-state index in [-0.39, 0.29) is 11.6 Å². The maximum Gasteiger partial charge on any atom is 0.410 e. The summed E-state index contributed by atoms with van der Waals surface area (Å²) >= 11 is 0. The van der Waals surface area contributed by atoms with E-state index in [1.807, 2.05) is 48.5 Å². The molecule has 0 bridgehead atoms. The Hall–Kier alpha value is -0.810. The van der Waals surface area contributed by atoms with Gasteiger partial charge in [0.1, 0.15) is 5.60 Å². The predicted molar refractivity (Wildman–Crippen MR) is 86.5 cm³/mol. The fourth-order valence-corrected chi connectivity index (χ4v) is 1.69. The molecule has 0 saturated heterocycles. The third kappa shape index (κ3) is 8.94. The minimum absolute atomic E-state index is 0.306. The molecule has 0 aliphatic rings. The van der Waals surface area contributed by atoms with Gasteiger partial charge in [-0.3, -0.25) is 0 Å². The minimum Gasteiger partial charge on any atom is -0.444 e. The summed E-state index contributed by atoms with van der Waals surface area (Å²) in [6, 6.07) is 0. The molecule has 1 atom stereocenters. The Morgan fingerprint density at radius 1 is 1.14 bits per heavy atom. The second kappa shape index (κ2) is 7.45. The molecule has 0 aromatic carbocycles. The van der Waals surface area contributed by atoms with Crippen molar-refractivity contribution in [1.29, 1.82) is 0 Å². The SMILES string of the molecule is CCC(C)(O)CNCCN(C(=O)OC(C)(C)C)C(C)(C)C. The largest absolute Gasteiger partial charge is 0.444 e. The average molecular weight is 302 g/mol. The summed E-state index contributed by atoms with van der Waals surface area (Å²) in [7, 11) is 0. The molecule has 0 saturated carbocycles. The van der Waals surface area contributed by atoms with Gasteiger partial charge >= 0.3 is 6.09 Å². The summed E-state index contributed by atoms with van der Waals surface area (Å²) in [4.78, 5) is 14.0. The van der Waals surface area contributed by atoms with E-state index in [0.717, 1.165) is 0 Å². The summed E-state index contributed by atoms with van der Waals surface area (Å²) < 4.78 is 5.46. The van der Waals surface area contributed by atoms with Crippen LogP contribution in [0.2, 0.25) is 0 Å². The van der Waals surface area contributed by atoms with E-state index in [0.29, 0.717) is 26.1 Å². The molecule has 0 aromatic rings. The molecule has 1 amide bonds. The lowest BCUT2D eigenvalue weighted by atomic mass is 10.0. The monoisotopic (exact) mass is 302 g/mol. The summed E-state index contributed by atoms with van der Waals surface area (Å²) in [6.45, 7) is 17.0. The average Bonchev–Trinajstić information content (AvgIpc) is 2.24. The van der Waals surface area contributed by atoms with E-state index in [1.54, 1.807) is 11.8 Å². The summed E-state index contributed by atoms with van der Waals surface area (Å²) in [5.74, 6) is 0. The second-order valence-corrected chi connectivity index (χ2v) is 7.83. The van der Waals surface area contributed by atoms with Gasteiger partial charge in [0.25, 0.3) is 0 Å². The van der Waals surface area contributed by atoms with E-state index < -0.39 is 11.2 Å². The number of hydrogen-bond donors (Lipinski definition) is 2. The van der Waals surface area contributed by atoms with Gasteiger partial charge in [0.15, 0.2) is 0 Å². The molecule has 0 fully saturated rings. The van der Waals surface area contributed by atoms with Gasteiger partial charge < -0.3 is 20.1 Å². The normalized spacial score (nSPS) is 15.5. The van der Waals surface area contributed by atoms with Gasteiger partial charge in [-0.05, 0) is 54.9 Å². The van der Waals surface area contributed by atoms with Gasteiger partial charge in [-0.2, -0.15) is 0 Å². The number of carbonyl (C=O) groups excluding carboxylic acids is 1. The van der Waals surface area contributed by atoms with Crippen LogP contribution in [0.3, 0.4) is 0 Å². The first-order valence-corrected chi connectivity index (χ1v) is 7.72. The Kier molecular flexibility index (Phi) is 7.16. The van der Waals surface area contributed by atoms with Gasteiger partial charge in [-0.1, -0.05) is 6.92 Å². The second-order valence-electron chi connectivity index (χ2n) is 7.83. The number of ether oxygens (including phenoxy) is 1. The van der Waals surface area contributed by atoms with Gasteiger partial charge in [0, 0.05) is 25.2 Å². The molecular weight excluding hydrogens is 268 g/mol. The van der Waals surface area contributed by atoms with E-state index in [1.165, 1.54) is 0 Å². The molecule has 126 valence electrons. The van der Waals surface area contributed by atoms with Crippen LogP contribution in [0.25, 0.3) is 0 Å². The number of nitrogens with one attached hydrogen (secondary N) is 1. The van der Waals surface area contributed by atoms with Gasteiger partial charge in [0.2, 0.25) is 0 Å². The van der Waals surface area contributed by atoms with Crippen molar-refractivity contribution in [2.24, 2.45) is 0 Å². The van der Waals surface area contributed by atoms with E-state index in [4.69, 9.17) is 4.74 Å². The first-order chi connectivity index (χ1) is 9.28. The van der Waals surface area contributed by atoms with Gasteiger partial charge in [0.05, 0.1) is 5.60 Å². The van der Waals surface area contributed by atoms with Crippen LogP contribution < -0.4 is 5.32 Å². The number of amides is 1. The highest BCUT2D eigenvalue weighted by Crippen LogP contribution is 2.18. The molecular formula is C16H34N2O3. The zero-order chi connectivity index (χ0) is 16.9. The van der Waals surface area contributed by atoms with E-state index >= 15 is 0 Å². The van der Waals surface area contributed by atoms with Crippen molar-refractivity contribution in [1.82, 2.24) is 10.2 Å². The van der Waals surface area contributed by atoms with Crippen LogP contribution in [0.15, 0.2) is 0 Å². The van der Waals surface area contributed by atoms with E-state index in [2.05, 4.69) is 5.32 Å². The number of rotatable bonds is 6. The highest BCUT2D eigenvalue weighted by molar-refractivity contribution is 5.69. The molecule has 2 N–H and O–H groups in total. The smallest absolute Gasteiger partial charge is 0.410 e. The Labute approximate surface area is 130 Å². The lowest BCUT2D eigenvalue weighted by Crippen LogP contribution is -2.51. The molecule has 5 heteroatoms. The Morgan fingerprint density at radius 3 is 2.05 bits per heavy atom. The van der Waals surface area contributed by atoms with Crippen LogP contribution in [0, 0.1) is 0 Å². The maximum atomic E-state index is 12.3. The van der Waals surface area contributed by atoms with Crippen LogP contribution in [-0.2, 0) is 4.74 Å². The fourth-order valence-electron chi connectivity index (χ4n) is 1.69. The highest BCUT2D eigenvalue weighted by Gasteiger charge is 2.30. The Balaban J connectivity index is 4.50. The third-order valence-corrected chi connectivity index (χ3v) is 3.20. The number of nitrogens with zero attached hydrogens (tertiary/aromatic N) is 1. The molecule has 0 spiro atoms. The molecule has 0 rings (SSSR count). The molecule has 0 aromatic heterocycles. The molecule has 0 aliphatic carbocycles. The van der Waals surface area contributed by atoms with Crippen molar-refractivity contribution in [2.45, 2.75) is 78.6 Å². The number of carbonyl (C=O) groups is 1. The zero-order valence-electron chi connectivity index (χ0n) is 15.0. The number of hydrogen-bond acceptors (Lipinski definition) is 4. The first kappa shape index (κ1) is 20.2. The molecule has 0 aliphatic heterocycles. The topological polar surface area (TPSA) is 61.8 Å². The fraction of sp³-hybridized carbons (Fsp3) is 0.938. The molecule has 0 heterocycles. The van der Waals surface area contributed by atoms with E-state index in [9.17, 15) is 9.90 Å². The minimum atomic E-state index is -0.710. The maximum absolute atomic E-state index is 12.3. The van der Waals surface area contributed by atoms with Crippen molar-refractivity contribution in [3.63, 3.8) is 0 Å². The van der Waals surface area contributed by atoms with Crippen LogP contribution in [0.1, 0.15) is 61.8 Å².